The van der Waals surface area contributed by atoms with Gasteiger partial charge in [-0.3, -0.25) is 9.98 Å². The van der Waals surface area contributed by atoms with Crippen molar-refractivity contribution in [1.82, 2.24) is 0 Å². The molecule has 7 rings (SSSR count). The van der Waals surface area contributed by atoms with Crippen LogP contribution in [0.1, 0.15) is 49.9 Å². The van der Waals surface area contributed by atoms with E-state index in [1.807, 2.05) is 0 Å². The highest BCUT2D eigenvalue weighted by Gasteiger charge is 2.40. The van der Waals surface area contributed by atoms with Crippen LogP contribution in [0.4, 0.5) is 11.4 Å². The lowest BCUT2D eigenvalue weighted by Crippen LogP contribution is -2.31. The molecule has 0 bridgehead atoms. The number of rotatable bonds is 4. The largest absolute Gasteiger partial charge is 0.257 e. The number of fused-ring (bicyclic) bond motifs is 6. The highest BCUT2D eigenvalue weighted by Crippen LogP contribution is 2.47. The lowest BCUT2D eigenvalue weighted by atomic mass is 9.72. The van der Waals surface area contributed by atoms with E-state index in [2.05, 4.69) is 125 Å². The molecule has 2 aliphatic heterocycles. The summed E-state index contributed by atoms with van der Waals surface area (Å²) in [4.78, 5) is 10.0. The molecule has 0 aliphatic carbocycles. The zero-order valence-electron chi connectivity index (χ0n) is 22.5. The first-order valence-corrected chi connectivity index (χ1v) is 13.6. The van der Waals surface area contributed by atoms with Gasteiger partial charge < -0.3 is 0 Å². The molecular formula is C36H32N2. The molecular weight excluding hydrogens is 460 g/mol. The molecule has 186 valence electrons. The monoisotopic (exact) mass is 492 g/mol. The van der Waals surface area contributed by atoms with Gasteiger partial charge in [0.25, 0.3) is 0 Å². The van der Waals surface area contributed by atoms with E-state index in [4.69, 9.17) is 9.98 Å². The van der Waals surface area contributed by atoms with Gasteiger partial charge in [-0.25, -0.2) is 0 Å². The molecule has 0 N–H and O–H groups in total. The van der Waals surface area contributed by atoms with Crippen molar-refractivity contribution in [3.8, 4) is 0 Å². The Kier molecular flexibility index (Phi) is 5.00. The Morgan fingerprint density at radius 3 is 1.32 bits per heavy atom. The Hall–Kier alpha value is -4.04. The zero-order valence-corrected chi connectivity index (χ0v) is 22.5. The summed E-state index contributed by atoms with van der Waals surface area (Å²) in [5.74, 6) is 0. The molecule has 0 aromatic heterocycles. The van der Waals surface area contributed by atoms with Gasteiger partial charge in [0.05, 0.1) is 11.4 Å². The topological polar surface area (TPSA) is 24.7 Å². The molecule has 5 aromatic carbocycles. The van der Waals surface area contributed by atoms with E-state index >= 15 is 0 Å². The Morgan fingerprint density at radius 2 is 0.895 bits per heavy atom. The van der Waals surface area contributed by atoms with Gasteiger partial charge in [0.1, 0.15) is 0 Å². The van der Waals surface area contributed by atoms with Gasteiger partial charge in [0, 0.05) is 22.3 Å². The van der Waals surface area contributed by atoms with Crippen LogP contribution in [0.3, 0.4) is 0 Å². The van der Waals surface area contributed by atoms with E-state index in [0.29, 0.717) is 0 Å². The summed E-state index contributed by atoms with van der Waals surface area (Å²) in [6.45, 7) is 9.10. The molecule has 0 spiro atoms. The normalized spacial score (nSPS) is 21.9. The Balaban J connectivity index is 1.21. The minimum Gasteiger partial charge on any atom is -0.257 e. The van der Waals surface area contributed by atoms with Crippen molar-refractivity contribution in [1.29, 1.82) is 0 Å². The van der Waals surface area contributed by atoms with Crippen molar-refractivity contribution in [2.24, 2.45) is 9.98 Å². The molecule has 38 heavy (non-hydrogen) atoms. The summed E-state index contributed by atoms with van der Waals surface area (Å²) in [6.07, 6.45) is 1.88. The van der Waals surface area contributed by atoms with Gasteiger partial charge in [-0.05, 0) is 96.5 Å². The van der Waals surface area contributed by atoms with Crippen LogP contribution in [0.5, 0.6) is 0 Å². The molecule has 2 heterocycles. The maximum absolute atomic E-state index is 5.00. The van der Waals surface area contributed by atoms with Crippen LogP contribution in [-0.4, -0.2) is 11.4 Å². The van der Waals surface area contributed by atoms with E-state index in [-0.39, 0.29) is 10.8 Å². The summed E-state index contributed by atoms with van der Waals surface area (Å²) < 4.78 is 0. The molecule has 0 radical (unpaired) electrons. The smallest absolute Gasteiger partial charge is 0.0677 e. The minimum atomic E-state index is -0.115. The lowest BCUT2D eigenvalue weighted by molar-refractivity contribution is 0.643. The van der Waals surface area contributed by atoms with E-state index in [0.717, 1.165) is 24.2 Å². The van der Waals surface area contributed by atoms with Gasteiger partial charge >= 0.3 is 0 Å². The van der Waals surface area contributed by atoms with Gasteiger partial charge in [-0.2, -0.15) is 0 Å². The third kappa shape index (κ3) is 3.33. The van der Waals surface area contributed by atoms with Crippen LogP contribution in [0.15, 0.2) is 107 Å². The number of aliphatic imine (C=N–C) groups is 2. The van der Waals surface area contributed by atoms with E-state index in [1.165, 1.54) is 55.2 Å². The fourth-order valence-electron chi connectivity index (χ4n) is 6.86. The van der Waals surface area contributed by atoms with Crippen molar-refractivity contribution >= 4 is 44.3 Å². The second-order valence-corrected chi connectivity index (χ2v) is 11.6. The summed E-state index contributed by atoms with van der Waals surface area (Å²) >= 11 is 0. The Morgan fingerprint density at radius 1 is 0.500 bits per heavy atom. The Bertz CT molecular complexity index is 1670. The summed E-state index contributed by atoms with van der Waals surface area (Å²) in [6, 6.07) is 35.5. The lowest BCUT2D eigenvalue weighted by Gasteiger charge is -2.29. The third-order valence-corrected chi connectivity index (χ3v) is 9.23. The summed E-state index contributed by atoms with van der Waals surface area (Å²) in [5, 5.41) is 5.21. The summed E-state index contributed by atoms with van der Waals surface area (Å²) in [5.41, 5.74) is 9.83. The molecule has 0 amide bonds. The predicted octanol–water partition coefficient (Wildman–Crippen LogP) is 9.21. The van der Waals surface area contributed by atoms with E-state index in [9.17, 15) is 0 Å². The maximum Gasteiger partial charge on any atom is 0.0677 e. The molecule has 2 atom stereocenters. The fraction of sp³-hybridized carbons (Fsp3) is 0.222. The van der Waals surface area contributed by atoms with Crippen LogP contribution in [-0.2, 0) is 23.7 Å². The Labute approximate surface area is 224 Å². The third-order valence-electron chi connectivity index (χ3n) is 9.23. The molecule has 2 aliphatic rings. The quantitative estimate of drug-likeness (QED) is 0.239. The van der Waals surface area contributed by atoms with Gasteiger partial charge in [-0.15, -0.1) is 0 Å². The van der Waals surface area contributed by atoms with Crippen molar-refractivity contribution in [2.75, 3.05) is 0 Å². The van der Waals surface area contributed by atoms with Crippen LogP contribution in [0, 0.1) is 0 Å². The SMILES string of the molecule is CC1=Nc2ccc3ccccc3c2C1(C)Cc1ccc(CC2(C)C(C)=Nc3ccc4ccccc4c32)cc1. The highest BCUT2D eigenvalue weighted by atomic mass is 14.8. The minimum absolute atomic E-state index is 0.115. The second kappa shape index (κ2) is 8.23. The highest BCUT2D eigenvalue weighted by molar-refractivity contribution is 6.07. The molecule has 2 heteroatoms. The average molecular weight is 493 g/mol. The van der Waals surface area contributed by atoms with E-state index < -0.39 is 0 Å². The standard InChI is InChI=1S/C36H32N2/c1-23-35(3,33-29-11-7-5-9-27(29)17-19-31(33)37-23)21-25-13-15-26(16-14-25)22-36(4)24(2)38-32-20-18-28-10-6-8-12-30(28)34(32)36/h5-20H,21-22H2,1-4H3. The van der Waals surface area contributed by atoms with Crippen LogP contribution in [0.25, 0.3) is 21.5 Å². The van der Waals surface area contributed by atoms with E-state index in [1.54, 1.807) is 0 Å². The zero-order chi connectivity index (χ0) is 26.1. The number of nitrogens with zero attached hydrogens (tertiary/aromatic N) is 2. The maximum atomic E-state index is 5.00. The van der Waals surface area contributed by atoms with Crippen LogP contribution < -0.4 is 0 Å². The molecule has 2 unspecified atom stereocenters. The first-order valence-electron chi connectivity index (χ1n) is 13.6. The van der Waals surface area contributed by atoms with Crippen molar-refractivity contribution in [3.63, 3.8) is 0 Å². The molecule has 0 fully saturated rings. The van der Waals surface area contributed by atoms with Gasteiger partial charge in [0.15, 0.2) is 0 Å². The van der Waals surface area contributed by atoms with Crippen LogP contribution >= 0.6 is 0 Å². The van der Waals surface area contributed by atoms with Crippen molar-refractivity contribution in [2.45, 2.75) is 51.4 Å². The van der Waals surface area contributed by atoms with Gasteiger partial charge in [0.2, 0.25) is 0 Å². The second-order valence-electron chi connectivity index (χ2n) is 11.6. The average Bonchev–Trinajstić information content (AvgIpc) is 3.33. The van der Waals surface area contributed by atoms with Crippen molar-refractivity contribution in [3.05, 3.63) is 119 Å². The molecule has 2 nitrogen and oxygen atoms in total. The number of hydrogen-bond acceptors (Lipinski definition) is 2. The number of hydrogen-bond donors (Lipinski definition) is 0. The molecule has 5 aromatic rings. The first-order chi connectivity index (χ1) is 18.4. The predicted molar refractivity (Wildman–Crippen MR) is 162 cm³/mol. The van der Waals surface area contributed by atoms with Crippen molar-refractivity contribution < 1.29 is 0 Å². The first kappa shape index (κ1) is 23.1. The van der Waals surface area contributed by atoms with Gasteiger partial charge in [-0.1, -0.05) is 84.9 Å². The summed E-state index contributed by atoms with van der Waals surface area (Å²) in [7, 11) is 0. The fourth-order valence-corrected chi connectivity index (χ4v) is 6.86. The van der Waals surface area contributed by atoms with Crippen LogP contribution in [0.2, 0.25) is 0 Å². The molecule has 0 saturated carbocycles. The number of benzene rings is 5. The molecule has 0 saturated heterocycles.